The summed E-state index contributed by atoms with van der Waals surface area (Å²) in [5, 5.41) is 4.10. The molecule has 0 atom stereocenters. The predicted molar refractivity (Wildman–Crippen MR) is 114 cm³/mol. The number of guanidine groups is 1. The molecular weight excluding hydrogens is 372 g/mol. The largest absolute Gasteiger partial charge is 0.357 e. The average molecular weight is 399 g/mol. The minimum absolute atomic E-state index is 0.514. The van der Waals surface area contributed by atoms with Crippen LogP contribution in [0.15, 0.2) is 60.0 Å². The molecule has 0 saturated heterocycles. The van der Waals surface area contributed by atoms with E-state index >= 15 is 0 Å². The van der Waals surface area contributed by atoms with Crippen LogP contribution in [0.4, 0.5) is 0 Å². The van der Waals surface area contributed by atoms with Crippen LogP contribution >= 0.6 is 11.6 Å². The molecule has 0 unspecified atom stereocenters. The Morgan fingerprint density at radius 1 is 1.29 bits per heavy atom. The zero-order valence-corrected chi connectivity index (χ0v) is 17.4. The summed E-state index contributed by atoms with van der Waals surface area (Å²) >= 11 is 6.11. The van der Waals surface area contributed by atoms with Crippen LogP contribution in [0, 0.1) is 0 Å². The molecule has 3 rings (SSSR count). The summed E-state index contributed by atoms with van der Waals surface area (Å²) in [7, 11) is 4.03. The highest BCUT2D eigenvalue weighted by Crippen LogP contribution is 2.14. The molecular formula is C21H27ClN6. The third-order valence-electron chi connectivity index (χ3n) is 4.54. The number of benzene rings is 1. The predicted octanol–water partition coefficient (Wildman–Crippen LogP) is 3.52. The van der Waals surface area contributed by atoms with Crippen molar-refractivity contribution < 1.29 is 0 Å². The lowest BCUT2D eigenvalue weighted by Crippen LogP contribution is -2.38. The Balaban J connectivity index is 1.71. The van der Waals surface area contributed by atoms with Gasteiger partial charge in [0.2, 0.25) is 0 Å². The van der Waals surface area contributed by atoms with Gasteiger partial charge in [0, 0.05) is 51.5 Å². The normalized spacial score (nSPS) is 11.6. The van der Waals surface area contributed by atoms with Crippen molar-refractivity contribution >= 4 is 17.6 Å². The maximum absolute atomic E-state index is 6.11. The average Bonchev–Trinajstić information content (AvgIpc) is 3.25. The van der Waals surface area contributed by atoms with Crippen LogP contribution in [0.3, 0.4) is 0 Å². The smallest absolute Gasteiger partial charge is 0.194 e. The van der Waals surface area contributed by atoms with Gasteiger partial charge in [-0.2, -0.15) is 0 Å². The van der Waals surface area contributed by atoms with Gasteiger partial charge in [0.1, 0.15) is 12.4 Å². The van der Waals surface area contributed by atoms with Crippen molar-refractivity contribution in [2.24, 2.45) is 12.0 Å². The molecule has 0 aliphatic heterocycles. The van der Waals surface area contributed by atoms with E-state index in [1.165, 1.54) is 5.56 Å². The molecule has 28 heavy (non-hydrogen) atoms. The van der Waals surface area contributed by atoms with Crippen molar-refractivity contribution in [2.75, 3.05) is 13.6 Å². The lowest BCUT2D eigenvalue weighted by atomic mass is 10.2. The van der Waals surface area contributed by atoms with Gasteiger partial charge < -0.3 is 19.4 Å². The zero-order chi connectivity index (χ0) is 19.9. The number of hydrogen-bond donors (Lipinski definition) is 1. The molecule has 1 aromatic carbocycles. The van der Waals surface area contributed by atoms with Crippen LogP contribution in [0.5, 0.6) is 0 Å². The van der Waals surface area contributed by atoms with Gasteiger partial charge in [0.25, 0.3) is 0 Å². The fraction of sp³-hybridized carbons (Fsp3) is 0.333. The van der Waals surface area contributed by atoms with Crippen molar-refractivity contribution in [3.63, 3.8) is 0 Å². The fourth-order valence-corrected chi connectivity index (χ4v) is 3.34. The first kappa shape index (κ1) is 20.0. The van der Waals surface area contributed by atoms with Gasteiger partial charge in [-0.05, 0) is 18.6 Å². The van der Waals surface area contributed by atoms with Crippen LogP contribution in [0.25, 0.3) is 0 Å². The molecule has 0 amide bonds. The lowest BCUT2D eigenvalue weighted by molar-refractivity contribution is 0.461. The molecule has 7 heteroatoms. The quantitative estimate of drug-likeness (QED) is 0.489. The molecule has 1 N–H and O–H groups in total. The summed E-state index contributed by atoms with van der Waals surface area (Å²) in [6.45, 7) is 4.89. The van der Waals surface area contributed by atoms with Gasteiger partial charge in [0.05, 0.1) is 11.6 Å². The van der Waals surface area contributed by atoms with Crippen molar-refractivity contribution in [2.45, 2.75) is 26.6 Å². The number of nitrogens with one attached hydrogen (secondary N) is 1. The Labute approximate surface area is 171 Å². The van der Waals surface area contributed by atoms with E-state index in [0.717, 1.165) is 35.6 Å². The van der Waals surface area contributed by atoms with E-state index in [1.54, 1.807) is 0 Å². The number of rotatable bonds is 7. The topological polar surface area (TPSA) is 50.4 Å². The third-order valence-corrected chi connectivity index (χ3v) is 4.74. The molecule has 2 heterocycles. The molecule has 0 saturated carbocycles. The second-order valence-electron chi connectivity index (χ2n) is 6.74. The number of aryl methyl sites for hydroxylation is 1. The van der Waals surface area contributed by atoms with E-state index in [4.69, 9.17) is 16.6 Å². The molecule has 148 valence electrons. The molecule has 0 spiro atoms. The van der Waals surface area contributed by atoms with Crippen molar-refractivity contribution in [1.29, 1.82) is 0 Å². The molecule has 3 aromatic rings. The Morgan fingerprint density at radius 2 is 2.07 bits per heavy atom. The number of aromatic nitrogens is 3. The monoisotopic (exact) mass is 398 g/mol. The summed E-state index contributed by atoms with van der Waals surface area (Å²) in [5.74, 6) is 1.78. The number of imidazole rings is 1. The van der Waals surface area contributed by atoms with Crippen LogP contribution in [0.2, 0.25) is 5.02 Å². The highest BCUT2D eigenvalue weighted by Gasteiger charge is 2.11. The first-order valence-corrected chi connectivity index (χ1v) is 9.78. The Morgan fingerprint density at radius 3 is 2.75 bits per heavy atom. The van der Waals surface area contributed by atoms with E-state index in [-0.39, 0.29) is 0 Å². The van der Waals surface area contributed by atoms with Gasteiger partial charge in [-0.1, -0.05) is 41.9 Å². The highest BCUT2D eigenvalue weighted by atomic mass is 35.5. The lowest BCUT2D eigenvalue weighted by Gasteiger charge is -2.22. The second kappa shape index (κ2) is 9.46. The molecule has 0 fully saturated rings. The summed E-state index contributed by atoms with van der Waals surface area (Å²) in [4.78, 5) is 11.4. The minimum Gasteiger partial charge on any atom is -0.357 e. The molecule has 6 nitrogen and oxygen atoms in total. The maximum Gasteiger partial charge on any atom is 0.194 e. The maximum atomic E-state index is 6.11. The number of hydrogen-bond acceptors (Lipinski definition) is 2. The highest BCUT2D eigenvalue weighted by molar-refractivity contribution is 6.30. The van der Waals surface area contributed by atoms with Crippen LogP contribution in [-0.2, 0) is 26.7 Å². The Hall–Kier alpha value is -2.73. The van der Waals surface area contributed by atoms with E-state index in [9.17, 15) is 0 Å². The van der Waals surface area contributed by atoms with Gasteiger partial charge in [0.15, 0.2) is 5.96 Å². The number of halogens is 1. The van der Waals surface area contributed by atoms with Crippen LogP contribution in [-0.4, -0.2) is 38.6 Å². The summed E-state index contributed by atoms with van der Waals surface area (Å²) in [6, 6.07) is 12.4. The second-order valence-corrected chi connectivity index (χ2v) is 7.18. The van der Waals surface area contributed by atoms with E-state index < -0.39 is 0 Å². The van der Waals surface area contributed by atoms with Crippen LogP contribution < -0.4 is 5.32 Å². The van der Waals surface area contributed by atoms with E-state index in [0.29, 0.717) is 13.1 Å². The van der Waals surface area contributed by atoms with Crippen molar-refractivity contribution in [1.82, 2.24) is 24.3 Å². The molecule has 0 radical (unpaired) electrons. The van der Waals surface area contributed by atoms with Crippen molar-refractivity contribution in [3.05, 3.63) is 77.1 Å². The first-order valence-electron chi connectivity index (χ1n) is 9.41. The van der Waals surface area contributed by atoms with E-state index in [1.807, 2.05) is 49.4 Å². The zero-order valence-electron chi connectivity index (χ0n) is 16.6. The molecule has 0 aliphatic rings. The SMILES string of the molecule is CCNC(=NCc1nccn1Cc1ccccc1)N(C)Cc1cc(Cl)cn1C. The Bertz CT molecular complexity index is 912. The fourth-order valence-electron chi connectivity index (χ4n) is 3.07. The number of aliphatic imine (C=N–C) groups is 1. The summed E-state index contributed by atoms with van der Waals surface area (Å²) in [5.41, 5.74) is 2.37. The molecule has 2 aromatic heterocycles. The van der Waals surface area contributed by atoms with Crippen molar-refractivity contribution in [3.8, 4) is 0 Å². The molecule has 0 bridgehead atoms. The number of nitrogens with zero attached hydrogens (tertiary/aromatic N) is 5. The standard InChI is InChI=1S/C21H27ClN6/c1-4-23-21(27(3)16-19-12-18(22)15-26(19)2)25-13-20-24-10-11-28(20)14-17-8-6-5-7-9-17/h5-12,15H,4,13-14,16H2,1-3H3,(H,23,25). The van der Waals surface area contributed by atoms with Crippen LogP contribution in [0.1, 0.15) is 24.0 Å². The summed E-state index contributed by atoms with van der Waals surface area (Å²) < 4.78 is 4.17. The Kier molecular flexibility index (Phi) is 6.76. The van der Waals surface area contributed by atoms with Gasteiger partial charge in [-0.15, -0.1) is 0 Å². The minimum atomic E-state index is 0.514. The molecule has 0 aliphatic carbocycles. The van der Waals surface area contributed by atoms with Gasteiger partial charge >= 0.3 is 0 Å². The van der Waals surface area contributed by atoms with Gasteiger partial charge in [-0.3, -0.25) is 0 Å². The summed E-state index contributed by atoms with van der Waals surface area (Å²) in [6.07, 6.45) is 5.74. The third kappa shape index (κ3) is 5.16. The first-order chi connectivity index (χ1) is 13.6. The van der Waals surface area contributed by atoms with Gasteiger partial charge in [-0.25, -0.2) is 9.98 Å². The van der Waals surface area contributed by atoms with E-state index in [2.05, 4.69) is 51.0 Å².